The number of carbonyl (C=O) groups is 1. The highest BCUT2D eigenvalue weighted by Crippen LogP contribution is 2.17. The number of benzene rings is 1. The fourth-order valence-corrected chi connectivity index (χ4v) is 3.11. The summed E-state index contributed by atoms with van der Waals surface area (Å²) in [7, 11) is 0. The minimum atomic E-state index is 0.178. The van der Waals surface area contributed by atoms with Gasteiger partial charge < -0.3 is 10.6 Å². The van der Waals surface area contributed by atoms with E-state index in [1.165, 1.54) is 11.1 Å². The number of nitrogens with one attached hydrogen (secondary N) is 2. The minimum Gasteiger partial charge on any atom is -0.355 e. The van der Waals surface area contributed by atoms with Crippen LogP contribution in [0.5, 0.6) is 0 Å². The van der Waals surface area contributed by atoms with Gasteiger partial charge in [-0.3, -0.25) is 9.69 Å². The lowest BCUT2D eigenvalue weighted by molar-refractivity contribution is -0.124. The molecule has 1 aromatic carbocycles. The van der Waals surface area contributed by atoms with Gasteiger partial charge in [-0.05, 0) is 30.5 Å². The predicted molar refractivity (Wildman–Crippen MR) is 79.4 cm³/mol. The van der Waals surface area contributed by atoms with E-state index >= 15 is 0 Å². The molecule has 1 unspecified atom stereocenters. The number of hydrogen-bond acceptors (Lipinski definition) is 3. The third-order valence-corrected chi connectivity index (χ3v) is 4.37. The van der Waals surface area contributed by atoms with Crippen LogP contribution in [0.3, 0.4) is 0 Å². The Kier molecular flexibility index (Phi) is 4.33. The van der Waals surface area contributed by atoms with Crippen molar-refractivity contribution >= 4 is 5.91 Å². The van der Waals surface area contributed by atoms with Crippen LogP contribution in [0.25, 0.3) is 0 Å². The van der Waals surface area contributed by atoms with E-state index in [9.17, 15) is 4.79 Å². The first kappa shape index (κ1) is 13.6. The lowest BCUT2D eigenvalue weighted by atomic mass is 10.00. The molecule has 20 heavy (non-hydrogen) atoms. The van der Waals surface area contributed by atoms with Gasteiger partial charge in [0.1, 0.15) is 0 Å². The van der Waals surface area contributed by atoms with Crippen molar-refractivity contribution in [2.75, 3.05) is 32.7 Å². The van der Waals surface area contributed by atoms with Crippen LogP contribution in [-0.2, 0) is 17.8 Å². The molecule has 2 N–H and O–H groups in total. The van der Waals surface area contributed by atoms with E-state index in [2.05, 4.69) is 39.8 Å². The second-order valence-corrected chi connectivity index (χ2v) is 5.78. The number of rotatable bonds is 4. The number of hydrogen-bond donors (Lipinski definition) is 2. The molecule has 1 fully saturated rings. The molecule has 1 atom stereocenters. The highest BCUT2D eigenvalue weighted by Gasteiger charge is 2.22. The molecule has 0 radical (unpaired) electrons. The van der Waals surface area contributed by atoms with E-state index in [-0.39, 0.29) is 11.8 Å². The van der Waals surface area contributed by atoms with E-state index < -0.39 is 0 Å². The van der Waals surface area contributed by atoms with Gasteiger partial charge in [0.25, 0.3) is 0 Å². The Hall–Kier alpha value is -1.39. The number of fused-ring (bicyclic) bond motifs is 1. The van der Waals surface area contributed by atoms with E-state index in [0.29, 0.717) is 0 Å². The molecule has 0 bridgehead atoms. The first-order valence-corrected chi connectivity index (χ1v) is 7.60. The van der Waals surface area contributed by atoms with Gasteiger partial charge in [-0.15, -0.1) is 0 Å². The molecule has 2 heterocycles. The van der Waals surface area contributed by atoms with Crippen LogP contribution >= 0.6 is 0 Å². The Labute approximate surface area is 120 Å². The van der Waals surface area contributed by atoms with Crippen LogP contribution in [-0.4, -0.2) is 43.5 Å². The second kappa shape index (κ2) is 6.37. The SMILES string of the molecule is O=C(NCCN1CCc2ccccc2C1)C1CCNC1. The largest absolute Gasteiger partial charge is 0.355 e. The molecule has 0 aliphatic carbocycles. The molecule has 0 spiro atoms. The summed E-state index contributed by atoms with van der Waals surface area (Å²) in [6, 6.07) is 8.66. The Bertz CT molecular complexity index is 469. The monoisotopic (exact) mass is 273 g/mol. The van der Waals surface area contributed by atoms with Gasteiger partial charge in [0.05, 0.1) is 5.92 Å². The second-order valence-electron chi connectivity index (χ2n) is 5.78. The normalized spacial score (nSPS) is 22.5. The summed E-state index contributed by atoms with van der Waals surface area (Å²) >= 11 is 0. The van der Waals surface area contributed by atoms with Crippen LogP contribution in [0.2, 0.25) is 0 Å². The summed E-state index contributed by atoms with van der Waals surface area (Å²) in [6.07, 6.45) is 2.10. The molecule has 4 heteroatoms. The van der Waals surface area contributed by atoms with Crippen LogP contribution in [0.15, 0.2) is 24.3 Å². The molecule has 0 aromatic heterocycles. The third kappa shape index (κ3) is 3.19. The van der Waals surface area contributed by atoms with Gasteiger partial charge in [-0.2, -0.15) is 0 Å². The van der Waals surface area contributed by atoms with Crippen molar-refractivity contribution in [1.29, 1.82) is 0 Å². The summed E-state index contributed by atoms with van der Waals surface area (Å²) in [5.74, 6) is 0.393. The molecule has 3 rings (SSSR count). The topological polar surface area (TPSA) is 44.4 Å². The summed E-state index contributed by atoms with van der Waals surface area (Å²) in [5.41, 5.74) is 2.91. The van der Waals surface area contributed by atoms with Gasteiger partial charge in [0, 0.05) is 32.7 Å². The maximum atomic E-state index is 11.9. The van der Waals surface area contributed by atoms with Crippen molar-refractivity contribution in [1.82, 2.24) is 15.5 Å². The van der Waals surface area contributed by atoms with Gasteiger partial charge in [0.15, 0.2) is 0 Å². The average Bonchev–Trinajstić information content (AvgIpc) is 3.01. The number of carbonyl (C=O) groups excluding carboxylic acids is 1. The van der Waals surface area contributed by atoms with E-state index in [1.54, 1.807) is 0 Å². The maximum Gasteiger partial charge on any atom is 0.224 e. The fourth-order valence-electron chi connectivity index (χ4n) is 3.11. The van der Waals surface area contributed by atoms with E-state index in [0.717, 1.165) is 52.1 Å². The first-order chi connectivity index (χ1) is 9.83. The van der Waals surface area contributed by atoms with Crippen molar-refractivity contribution in [3.05, 3.63) is 35.4 Å². The van der Waals surface area contributed by atoms with Gasteiger partial charge in [-0.1, -0.05) is 24.3 Å². The molecule has 1 aromatic rings. The molecule has 108 valence electrons. The molecule has 1 saturated heterocycles. The highest BCUT2D eigenvalue weighted by molar-refractivity contribution is 5.79. The van der Waals surface area contributed by atoms with Crippen molar-refractivity contribution in [2.45, 2.75) is 19.4 Å². The van der Waals surface area contributed by atoms with Crippen molar-refractivity contribution in [3.63, 3.8) is 0 Å². The quantitative estimate of drug-likeness (QED) is 0.852. The fraction of sp³-hybridized carbons (Fsp3) is 0.562. The van der Waals surface area contributed by atoms with Crippen LogP contribution < -0.4 is 10.6 Å². The van der Waals surface area contributed by atoms with Crippen molar-refractivity contribution in [2.24, 2.45) is 5.92 Å². The summed E-state index contributed by atoms with van der Waals surface area (Å²) in [4.78, 5) is 14.3. The Morgan fingerprint density at radius 1 is 1.35 bits per heavy atom. The predicted octanol–water partition coefficient (Wildman–Crippen LogP) is 0.770. The molecule has 0 saturated carbocycles. The molecular formula is C16H23N3O. The Morgan fingerprint density at radius 3 is 3.00 bits per heavy atom. The molecular weight excluding hydrogens is 250 g/mol. The van der Waals surface area contributed by atoms with Crippen molar-refractivity contribution < 1.29 is 4.79 Å². The van der Waals surface area contributed by atoms with Crippen LogP contribution in [0, 0.1) is 5.92 Å². The maximum absolute atomic E-state index is 11.9. The molecule has 4 nitrogen and oxygen atoms in total. The zero-order chi connectivity index (χ0) is 13.8. The smallest absolute Gasteiger partial charge is 0.224 e. The first-order valence-electron chi connectivity index (χ1n) is 7.60. The van der Waals surface area contributed by atoms with E-state index in [4.69, 9.17) is 0 Å². The van der Waals surface area contributed by atoms with Crippen LogP contribution in [0.1, 0.15) is 17.5 Å². The zero-order valence-electron chi connectivity index (χ0n) is 11.9. The summed E-state index contributed by atoms with van der Waals surface area (Å²) in [5, 5.41) is 6.31. The summed E-state index contributed by atoms with van der Waals surface area (Å²) in [6.45, 7) is 5.62. The van der Waals surface area contributed by atoms with E-state index in [1.807, 2.05) is 0 Å². The van der Waals surface area contributed by atoms with Gasteiger partial charge in [-0.25, -0.2) is 0 Å². The molecule has 1 amide bonds. The Balaban J connectivity index is 1.42. The number of amides is 1. The van der Waals surface area contributed by atoms with Crippen molar-refractivity contribution in [3.8, 4) is 0 Å². The zero-order valence-corrected chi connectivity index (χ0v) is 11.9. The standard InChI is InChI=1S/C16H23N3O/c20-16(14-5-7-17-11-14)18-8-10-19-9-6-13-3-1-2-4-15(13)12-19/h1-4,14,17H,5-12H2,(H,18,20). The average molecular weight is 273 g/mol. The van der Waals surface area contributed by atoms with Gasteiger partial charge in [0.2, 0.25) is 5.91 Å². The van der Waals surface area contributed by atoms with Crippen LogP contribution in [0.4, 0.5) is 0 Å². The number of nitrogens with zero attached hydrogens (tertiary/aromatic N) is 1. The third-order valence-electron chi connectivity index (χ3n) is 4.37. The molecule has 2 aliphatic heterocycles. The molecule has 2 aliphatic rings. The Morgan fingerprint density at radius 2 is 2.20 bits per heavy atom. The van der Waals surface area contributed by atoms with Gasteiger partial charge >= 0.3 is 0 Å². The lowest BCUT2D eigenvalue weighted by Crippen LogP contribution is -2.40. The highest BCUT2D eigenvalue weighted by atomic mass is 16.1. The minimum absolute atomic E-state index is 0.178. The summed E-state index contributed by atoms with van der Waals surface area (Å²) < 4.78 is 0. The lowest BCUT2D eigenvalue weighted by Gasteiger charge is -2.28.